The Balaban J connectivity index is 1.58. The van der Waals surface area contributed by atoms with Gasteiger partial charge in [-0.25, -0.2) is 4.39 Å². The fourth-order valence-corrected chi connectivity index (χ4v) is 3.97. The van der Waals surface area contributed by atoms with E-state index in [2.05, 4.69) is 5.10 Å². The van der Waals surface area contributed by atoms with Gasteiger partial charge in [0.1, 0.15) is 17.1 Å². The number of halogens is 1. The second-order valence-electron chi connectivity index (χ2n) is 7.33. The topological polar surface area (TPSA) is 67.6 Å². The minimum atomic E-state index is -1.21. The van der Waals surface area contributed by atoms with E-state index in [9.17, 15) is 14.3 Å². The Morgan fingerprint density at radius 1 is 1.38 bits per heavy atom. The zero-order chi connectivity index (χ0) is 18.6. The highest BCUT2D eigenvalue weighted by Crippen LogP contribution is 2.36. The molecule has 1 saturated heterocycles. The van der Waals surface area contributed by atoms with Gasteiger partial charge in [0.2, 0.25) is 0 Å². The number of likely N-dealkylation sites (tertiary alicyclic amines) is 1. The molecule has 1 amide bonds. The zero-order valence-electron chi connectivity index (χ0n) is 15.1. The van der Waals surface area contributed by atoms with Crippen molar-refractivity contribution in [1.29, 1.82) is 0 Å². The van der Waals surface area contributed by atoms with Gasteiger partial charge in [-0.15, -0.1) is 0 Å². The number of amides is 1. The van der Waals surface area contributed by atoms with Gasteiger partial charge in [-0.05, 0) is 31.5 Å². The summed E-state index contributed by atoms with van der Waals surface area (Å²) in [7, 11) is 1.75. The molecule has 2 aliphatic heterocycles. The van der Waals surface area contributed by atoms with Crippen LogP contribution in [0, 0.1) is 5.82 Å². The first-order valence-corrected chi connectivity index (χ1v) is 8.77. The maximum absolute atomic E-state index is 13.4. The van der Waals surface area contributed by atoms with Crippen molar-refractivity contribution >= 4 is 5.91 Å². The van der Waals surface area contributed by atoms with Crippen molar-refractivity contribution < 1.29 is 19.0 Å². The van der Waals surface area contributed by atoms with Crippen molar-refractivity contribution in [3.05, 3.63) is 52.6 Å². The normalized spacial score (nSPS) is 24.1. The maximum atomic E-state index is 13.4. The molecule has 2 aliphatic rings. The molecule has 26 heavy (non-hydrogen) atoms. The predicted octanol–water partition coefficient (Wildman–Crippen LogP) is 1.93. The fraction of sp³-hybridized carbons (Fsp3) is 0.474. The number of aliphatic hydroxyl groups is 1. The number of aryl methyl sites for hydroxylation is 1. The van der Waals surface area contributed by atoms with Gasteiger partial charge >= 0.3 is 0 Å². The van der Waals surface area contributed by atoms with Gasteiger partial charge in [0.15, 0.2) is 0 Å². The van der Waals surface area contributed by atoms with Crippen LogP contribution in [-0.4, -0.2) is 44.9 Å². The summed E-state index contributed by atoms with van der Waals surface area (Å²) in [6.45, 7) is 4.18. The van der Waals surface area contributed by atoms with Gasteiger partial charge in [0, 0.05) is 19.0 Å². The van der Waals surface area contributed by atoms with Crippen molar-refractivity contribution in [2.75, 3.05) is 13.1 Å². The smallest absolute Gasteiger partial charge is 0.272 e. The SMILES string of the molecule is C[C@@H]1Cc2c(nn(C)c2C(=O)N2CC(O)(c3cccc(F)c3)C2)[C@H](C)O1. The molecule has 0 radical (unpaired) electrons. The molecule has 4 rings (SSSR count). The number of hydrogen-bond donors (Lipinski definition) is 1. The molecule has 138 valence electrons. The number of benzene rings is 1. The molecule has 1 fully saturated rings. The van der Waals surface area contributed by atoms with E-state index in [-0.39, 0.29) is 31.2 Å². The Bertz CT molecular complexity index is 873. The predicted molar refractivity (Wildman–Crippen MR) is 92.1 cm³/mol. The third-order valence-electron chi connectivity index (χ3n) is 5.25. The molecule has 1 N–H and O–H groups in total. The number of rotatable bonds is 2. The molecule has 0 saturated carbocycles. The fourth-order valence-electron chi connectivity index (χ4n) is 3.97. The van der Waals surface area contributed by atoms with Crippen LogP contribution in [0.15, 0.2) is 24.3 Å². The second-order valence-corrected chi connectivity index (χ2v) is 7.33. The monoisotopic (exact) mass is 359 g/mol. The molecule has 2 aromatic rings. The first-order chi connectivity index (χ1) is 12.3. The molecule has 1 aromatic carbocycles. The minimum Gasteiger partial charge on any atom is -0.381 e. The van der Waals surface area contributed by atoms with Crippen molar-refractivity contribution in [2.24, 2.45) is 7.05 Å². The summed E-state index contributed by atoms with van der Waals surface area (Å²) < 4.78 is 20.8. The van der Waals surface area contributed by atoms with E-state index in [1.54, 1.807) is 28.8 Å². The van der Waals surface area contributed by atoms with Crippen LogP contribution in [0.1, 0.15) is 47.3 Å². The van der Waals surface area contributed by atoms with Crippen LogP contribution < -0.4 is 0 Å². The average Bonchev–Trinajstić information content (AvgIpc) is 2.87. The van der Waals surface area contributed by atoms with Gasteiger partial charge in [0.25, 0.3) is 5.91 Å². The summed E-state index contributed by atoms with van der Waals surface area (Å²) in [6.07, 6.45) is 0.507. The molecule has 0 bridgehead atoms. The van der Waals surface area contributed by atoms with E-state index in [0.717, 1.165) is 11.3 Å². The van der Waals surface area contributed by atoms with Gasteiger partial charge < -0.3 is 14.7 Å². The highest BCUT2D eigenvalue weighted by atomic mass is 19.1. The van der Waals surface area contributed by atoms with Crippen LogP contribution in [0.25, 0.3) is 0 Å². The van der Waals surface area contributed by atoms with Crippen molar-refractivity contribution in [2.45, 2.75) is 38.1 Å². The lowest BCUT2D eigenvalue weighted by Crippen LogP contribution is -2.61. The molecule has 6 nitrogen and oxygen atoms in total. The van der Waals surface area contributed by atoms with Crippen molar-refractivity contribution in [3.8, 4) is 0 Å². The lowest BCUT2D eigenvalue weighted by atomic mass is 9.85. The largest absolute Gasteiger partial charge is 0.381 e. The van der Waals surface area contributed by atoms with Crippen LogP contribution >= 0.6 is 0 Å². The highest BCUT2D eigenvalue weighted by molar-refractivity contribution is 5.95. The van der Waals surface area contributed by atoms with Crippen LogP contribution in [0.2, 0.25) is 0 Å². The van der Waals surface area contributed by atoms with E-state index < -0.39 is 11.4 Å². The third kappa shape index (κ3) is 2.62. The van der Waals surface area contributed by atoms with Gasteiger partial charge in [0.05, 0.1) is 31.0 Å². The summed E-state index contributed by atoms with van der Waals surface area (Å²) in [5.41, 5.74) is 1.55. The van der Waals surface area contributed by atoms with Crippen molar-refractivity contribution in [1.82, 2.24) is 14.7 Å². The molecule has 1 aromatic heterocycles. The molecule has 2 atom stereocenters. The maximum Gasteiger partial charge on any atom is 0.272 e. The lowest BCUT2D eigenvalue weighted by Gasteiger charge is -2.46. The Labute approximate surface area is 151 Å². The van der Waals surface area contributed by atoms with E-state index >= 15 is 0 Å². The number of carbonyl (C=O) groups excluding carboxylic acids is 1. The number of nitrogens with zero attached hydrogens (tertiary/aromatic N) is 3. The zero-order valence-corrected chi connectivity index (χ0v) is 15.1. The first kappa shape index (κ1) is 17.2. The van der Waals surface area contributed by atoms with Crippen LogP contribution in [0.3, 0.4) is 0 Å². The average molecular weight is 359 g/mol. The van der Waals surface area contributed by atoms with E-state index in [1.165, 1.54) is 12.1 Å². The van der Waals surface area contributed by atoms with Gasteiger partial charge in [-0.2, -0.15) is 5.10 Å². The summed E-state index contributed by atoms with van der Waals surface area (Å²) in [4.78, 5) is 14.6. The molecule has 0 aliphatic carbocycles. The summed E-state index contributed by atoms with van der Waals surface area (Å²) in [6, 6.07) is 5.89. The number of aromatic nitrogens is 2. The summed E-state index contributed by atoms with van der Waals surface area (Å²) in [5.74, 6) is -0.562. The molecular formula is C19H22FN3O3. The molecule has 3 heterocycles. The number of hydrogen-bond acceptors (Lipinski definition) is 4. The van der Waals surface area contributed by atoms with E-state index in [0.29, 0.717) is 17.7 Å². The summed E-state index contributed by atoms with van der Waals surface area (Å²) >= 11 is 0. The quantitative estimate of drug-likeness (QED) is 0.890. The van der Waals surface area contributed by atoms with Crippen molar-refractivity contribution in [3.63, 3.8) is 0 Å². The van der Waals surface area contributed by atoms with E-state index in [4.69, 9.17) is 4.74 Å². The van der Waals surface area contributed by atoms with Crippen LogP contribution in [0.5, 0.6) is 0 Å². The molecule has 0 unspecified atom stereocenters. The number of fused-ring (bicyclic) bond motifs is 1. The number of β-amino-alcohol motifs (C(OH)–C–C–N with tert-alkyl or cyclic N) is 1. The van der Waals surface area contributed by atoms with Crippen LogP contribution in [0.4, 0.5) is 4.39 Å². The Morgan fingerprint density at radius 3 is 2.81 bits per heavy atom. The number of ether oxygens (including phenoxy) is 1. The molecule has 0 spiro atoms. The molecular weight excluding hydrogens is 337 g/mol. The first-order valence-electron chi connectivity index (χ1n) is 8.77. The lowest BCUT2D eigenvalue weighted by molar-refractivity contribution is -0.0869. The minimum absolute atomic E-state index is 0.0221. The Kier molecular flexibility index (Phi) is 3.89. The highest BCUT2D eigenvalue weighted by Gasteiger charge is 2.46. The van der Waals surface area contributed by atoms with E-state index in [1.807, 2.05) is 13.8 Å². The standard InChI is InChI=1S/C19H22FN3O3/c1-11-7-15-16(12(2)26-11)21-22(3)17(15)18(24)23-9-19(25,10-23)13-5-4-6-14(20)8-13/h4-6,8,11-12,25H,7,9-10H2,1-3H3/t11-,12+/m1/s1. The second kappa shape index (κ2) is 5.89. The Morgan fingerprint density at radius 2 is 2.12 bits per heavy atom. The number of carbonyl (C=O) groups is 1. The third-order valence-corrected chi connectivity index (χ3v) is 5.25. The Hall–Kier alpha value is -2.25. The summed E-state index contributed by atoms with van der Waals surface area (Å²) in [5, 5.41) is 15.2. The van der Waals surface area contributed by atoms with Gasteiger partial charge in [-0.1, -0.05) is 12.1 Å². The van der Waals surface area contributed by atoms with Gasteiger partial charge in [-0.3, -0.25) is 9.48 Å². The molecule has 7 heteroatoms. The van der Waals surface area contributed by atoms with Crippen LogP contribution in [-0.2, 0) is 23.8 Å².